The lowest BCUT2D eigenvalue weighted by molar-refractivity contribution is -0.154. The Hall–Kier alpha value is -2.73. The van der Waals surface area contributed by atoms with Crippen molar-refractivity contribution in [2.75, 3.05) is 0 Å². The highest BCUT2D eigenvalue weighted by atomic mass is 35.5. The van der Waals surface area contributed by atoms with Gasteiger partial charge in [-0.2, -0.15) is 4.98 Å². The fourth-order valence-electron chi connectivity index (χ4n) is 2.19. The van der Waals surface area contributed by atoms with Crippen LogP contribution in [0.2, 0.25) is 5.02 Å². The van der Waals surface area contributed by atoms with Crippen LogP contribution in [0.5, 0.6) is 17.6 Å². The molecule has 2 aromatic carbocycles. The monoisotopic (exact) mass is 375 g/mol. The molecule has 7 heteroatoms. The molecule has 26 heavy (non-hydrogen) atoms. The number of nitrogens with zero attached hydrogens (tertiary/aromatic N) is 1. The van der Waals surface area contributed by atoms with E-state index in [1.54, 1.807) is 63.2 Å². The number of carbonyl (C=O) groups is 1. The maximum atomic E-state index is 11.8. The maximum Gasteiger partial charge on any atom is 0.400 e. The van der Waals surface area contributed by atoms with Gasteiger partial charge in [0.15, 0.2) is 11.7 Å². The summed E-state index contributed by atoms with van der Waals surface area (Å²) in [5.41, 5.74) is 1.20. The highest BCUT2D eigenvalue weighted by molar-refractivity contribution is 6.31. The standard InChI is InChI=1S/C19H18ClNO5/c1-11(2)23-18(22)12(3)24-14-5-7-15(8-6-14)25-19-21-16-9-4-13(20)10-17(16)26-19/h4-12H,1-3H3/t12-/m1/s1. The highest BCUT2D eigenvalue weighted by Crippen LogP contribution is 2.28. The van der Waals surface area contributed by atoms with Gasteiger partial charge in [0.1, 0.15) is 17.0 Å². The molecule has 3 rings (SSSR count). The molecule has 136 valence electrons. The molecule has 0 fully saturated rings. The summed E-state index contributed by atoms with van der Waals surface area (Å²) in [6.45, 7) is 5.21. The van der Waals surface area contributed by atoms with E-state index in [1.807, 2.05) is 0 Å². The predicted molar refractivity (Wildman–Crippen MR) is 96.9 cm³/mol. The normalized spacial score (nSPS) is 12.2. The van der Waals surface area contributed by atoms with Crippen molar-refractivity contribution in [2.24, 2.45) is 0 Å². The van der Waals surface area contributed by atoms with Crippen molar-refractivity contribution in [2.45, 2.75) is 33.0 Å². The lowest BCUT2D eigenvalue weighted by Crippen LogP contribution is -2.28. The number of aromatic nitrogens is 1. The van der Waals surface area contributed by atoms with Crippen LogP contribution < -0.4 is 9.47 Å². The van der Waals surface area contributed by atoms with Gasteiger partial charge in [0.05, 0.1) is 6.10 Å². The molecule has 0 amide bonds. The van der Waals surface area contributed by atoms with Crippen molar-refractivity contribution in [1.82, 2.24) is 4.98 Å². The summed E-state index contributed by atoms with van der Waals surface area (Å²) in [4.78, 5) is 16.0. The zero-order valence-electron chi connectivity index (χ0n) is 14.6. The molecule has 0 unspecified atom stereocenters. The van der Waals surface area contributed by atoms with Crippen LogP contribution >= 0.6 is 11.6 Å². The summed E-state index contributed by atoms with van der Waals surface area (Å²) in [5, 5.41) is 0.562. The van der Waals surface area contributed by atoms with Crippen LogP contribution in [0.3, 0.4) is 0 Å². The van der Waals surface area contributed by atoms with Gasteiger partial charge in [-0.15, -0.1) is 0 Å². The molecule has 0 aliphatic rings. The zero-order chi connectivity index (χ0) is 18.7. The summed E-state index contributed by atoms with van der Waals surface area (Å²) in [5.74, 6) is 0.632. The van der Waals surface area contributed by atoms with Gasteiger partial charge in [-0.1, -0.05) is 11.6 Å². The van der Waals surface area contributed by atoms with E-state index >= 15 is 0 Å². The van der Waals surface area contributed by atoms with E-state index in [0.717, 1.165) is 0 Å². The van der Waals surface area contributed by atoms with Gasteiger partial charge >= 0.3 is 12.0 Å². The number of carbonyl (C=O) groups excluding carboxylic acids is 1. The van der Waals surface area contributed by atoms with Crippen LogP contribution in [0, 0.1) is 0 Å². The Morgan fingerprint density at radius 1 is 1.08 bits per heavy atom. The van der Waals surface area contributed by atoms with Crippen molar-refractivity contribution in [1.29, 1.82) is 0 Å². The Bertz CT molecular complexity index is 904. The van der Waals surface area contributed by atoms with E-state index in [2.05, 4.69) is 4.98 Å². The smallest absolute Gasteiger partial charge is 0.400 e. The molecule has 0 aliphatic carbocycles. The minimum Gasteiger partial charge on any atom is -0.479 e. The van der Waals surface area contributed by atoms with E-state index < -0.39 is 12.1 Å². The van der Waals surface area contributed by atoms with Crippen LogP contribution in [0.25, 0.3) is 11.1 Å². The molecule has 0 N–H and O–H groups in total. The number of ether oxygens (including phenoxy) is 3. The van der Waals surface area contributed by atoms with Gasteiger partial charge in [-0.25, -0.2) is 4.79 Å². The SMILES string of the molecule is CC(C)OC(=O)[C@@H](C)Oc1ccc(Oc2nc3ccc(Cl)cc3o2)cc1. The average Bonchev–Trinajstić information content (AvgIpc) is 2.97. The highest BCUT2D eigenvalue weighted by Gasteiger charge is 2.17. The van der Waals surface area contributed by atoms with Crippen molar-refractivity contribution in [3.05, 3.63) is 47.5 Å². The Morgan fingerprint density at radius 2 is 1.77 bits per heavy atom. The van der Waals surface area contributed by atoms with E-state index in [4.69, 9.17) is 30.2 Å². The molecule has 3 aromatic rings. The van der Waals surface area contributed by atoms with Crippen molar-refractivity contribution >= 4 is 28.7 Å². The lowest BCUT2D eigenvalue weighted by atomic mass is 10.3. The minimum atomic E-state index is -0.703. The van der Waals surface area contributed by atoms with Crippen LogP contribution in [-0.4, -0.2) is 23.2 Å². The number of halogens is 1. The predicted octanol–water partition coefficient (Wildman–Crippen LogP) is 4.99. The largest absolute Gasteiger partial charge is 0.479 e. The summed E-state index contributed by atoms with van der Waals surface area (Å²) >= 11 is 5.92. The number of esters is 1. The van der Waals surface area contributed by atoms with Gasteiger partial charge in [-0.05, 0) is 57.2 Å². The second kappa shape index (κ2) is 7.66. The van der Waals surface area contributed by atoms with Gasteiger partial charge in [0.2, 0.25) is 0 Å². The van der Waals surface area contributed by atoms with Crippen LogP contribution in [-0.2, 0) is 9.53 Å². The molecule has 1 heterocycles. The molecule has 0 aliphatic heterocycles. The van der Waals surface area contributed by atoms with E-state index in [-0.39, 0.29) is 12.2 Å². The third-order valence-electron chi connectivity index (χ3n) is 3.36. The quantitative estimate of drug-likeness (QED) is 0.565. The van der Waals surface area contributed by atoms with Crippen molar-refractivity contribution < 1.29 is 23.4 Å². The Morgan fingerprint density at radius 3 is 2.46 bits per heavy atom. The molecule has 0 saturated heterocycles. The van der Waals surface area contributed by atoms with E-state index in [1.165, 1.54) is 0 Å². The molecular weight excluding hydrogens is 358 g/mol. The first-order valence-corrected chi connectivity index (χ1v) is 8.49. The number of oxazole rings is 1. The first kappa shape index (κ1) is 18.1. The third-order valence-corrected chi connectivity index (χ3v) is 3.59. The molecule has 0 bridgehead atoms. The van der Waals surface area contributed by atoms with E-state index in [0.29, 0.717) is 27.6 Å². The van der Waals surface area contributed by atoms with E-state index in [9.17, 15) is 4.79 Å². The Kier molecular flexibility index (Phi) is 5.32. The summed E-state index contributed by atoms with van der Waals surface area (Å²) in [6, 6.07) is 11.9. The molecule has 1 atom stereocenters. The first-order chi connectivity index (χ1) is 12.4. The van der Waals surface area contributed by atoms with Crippen LogP contribution in [0.15, 0.2) is 46.9 Å². The second-order valence-corrected chi connectivity index (χ2v) is 6.35. The topological polar surface area (TPSA) is 70.8 Å². The molecule has 1 aromatic heterocycles. The van der Waals surface area contributed by atoms with Crippen LogP contribution in [0.4, 0.5) is 0 Å². The van der Waals surface area contributed by atoms with Crippen molar-refractivity contribution in [3.63, 3.8) is 0 Å². The summed E-state index contributed by atoms with van der Waals surface area (Å²) in [6.07, 6.45) is -0.772. The summed E-state index contributed by atoms with van der Waals surface area (Å²) < 4.78 is 21.8. The lowest BCUT2D eigenvalue weighted by Gasteiger charge is -2.15. The first-order valence-electron chi connectivity index (χ1n) is 8.12. The Balaban J connectivity index is 1.64. The zero-order valence-corrected chi connectivity index (χ0v) is 15.3. The minimum absolute atomic E-state index is 0.116. The van der Waals surface area contributed by atoms with Gasteiger partial charge in [-0.3, -0.25) is 0 Å². The van der Waals surface area contributed by atoms with Crippen LogP contribution in [0.1, 0.15) is 20.8 Å². The average molecular weight is 376 g/mol. The molecule has 0 radical (unpaired) electrons. The number of hydrogen-bond donors (Lipinski definition) is 0. The molecular formula is C19H18ClNO5. The van der Waals surface area contributed by atoms with Crippen molar-refractivity contribution in [3.8, 4) is 17.6 Å². The number of fused-ring (bicyclic) bond motifs is 1. The number of benzene rings is 2. The second-order valence-electron chi connectivity index (χ2n) is 5.91. The number of hydrogen-bond acceptors (Lipinski definition) is 6. The maximum absolute atomic E-state index is 11.8. The fraction of sp³-hybridized carbons (Fsp3) is 0.263. The number of rotatable bonds is 6. The fourth-order valence-corrected chi connectivity index (χ4v) is 2.35. The molecule has 0 spiro atoms. The third kappa shape index (κ3) is 4.46. The van der Waals surface area contributed by atoms with Gasteiger partial charge < -0.3 is 18.6 Å². The van der Waals surface area contributed by atoms with Gasteiger partial charge in [0.25, 0.3) is 0 Å². The Labute approximate surface area is 155 Å². The summed E-state index contributed by atoms with van der Waals surface area (Å²) in [7, 11) is 0. The molecule has 0 saturated carbocycles. The van der Waals surface area contributed by atoms with Gasteiger partial charge in [0, 0.05) is 11.1 Å². The molecule has 6 nitrogen and oxygen atoms in total.